The lowest BCUT2D eigenvalue weighted by Gasteiger charge is -2.24. The topological polar surface area (TPSA) is 59.8 Å². The molecule has 4 aromatic rings. The number of nitrogens with zero attached hydrogens (tertiary/aromatic N) is 3. The van der Waals surface area contributed by atoms with Gasteiger partial charge in [-0.05, 0) is 30.9 Å². The Labute approximate surface area is 196 Å². The van der Waals surface area contributed by atoms with Gasteiger partial charge in [-0.3, -0.25) is 9.48 Å². The number of amides is 1. The molecule has 1 aliphatic rings. The Bertz CT molecular complexity index is 1230. The minimum atomic E-state index is -0.0188. The van der Waals surface area contributed by atoms with Crippen LogP contribution in [0.3, 0.4) is 0 Å². The number of benzene rings is 2. The largest absolute Gasteiger partial charge is 0.349 e. The molecule has 0 saturated carbocycles. The highest BCUT2D eigenvalue weighted by atomic mass is 35.5. The van der Waals surface area contributed by atoms with Crippen LogP contribution in [0.1, 0.15) is 41.4 Å². The molecule has 0 bridgehead atoms. The number of halogens is 1. The Morgan fingerprint density at radius 2 is 1.97 bits per heavy atom. The zero-order valence-corrected chi connectivity index (χ0v) is 19.1. The van der Waals surface area contributed by atoms with Crippen LogP contribution in [0.15, 0.2) is 66.2 Å². The van der Waals surface area contributed by atoms with E-state index in [0.717, 1.165) is 47.6 Å². The molecule has 32 heavy (non-hydrogen) atoms. The minimum Gasteiger partial charge on any atom is -0.349 e. The van der Waals surface area contributed by atoms with Crippen molar-refractivity contribution < 1.29 is 4.79 Å². The van der Waals surface area contributed by atoms with Crippen LogP contribution in [0.25, 0.3) is 10.6 Å². The molecule has 5 rings (SSSR count). The van der Waals surface area contributed by atoms with Gasteiger partial charge in [-0.1, -0.05) is 60.1 Å². The number of thiazole rings is 1. The lowest BCUT2D eigenvalue weighted by molar-refractivity contribution is -0.121. The average molecular weight is 463 g/mol. The van der Waals surface area contributed by atoms with Gasteiger partial charge in [-0.15, -0.1) is 11.3 Å². The molecule has 1 aliphatic carbocycles. The van der Waals surface area contributed by atoms with Crippen molar-refractivity contribution >= 4 is 28.8 Å². The first-order valence-corrected chi connectivity index (χ1v) is 12.0. The van der Waals surface area contributed by atoms with E-state index in [1.807, 2.05) is 54.0 Å². The number of hydrogen-bond donors (Lipinski definition) is 1. The fourth-order valence-corrected chi connectivity index (χ4v) is 5.36. The third kappa shape index (κ3) is 4.47. The average Bonchev–Trinajstić information content (AvgIpc) is 3.43. The van der Waals surface area contributed by atoms with Gasteiger partial charge in [-0.25, -0.2) is 4.98 Å². The molecule has 2 aromatic carbocycles. The Morgan fingerprint density at radius 3 is 2.81 bits per heavy atom. The number of fused-ring (bicyclic) bond motifs is 1. The maximum absolute atomic E-state index is 12.8. The fraction of sp³-hybridized carbons (Fsp3) is 0.240. The van der Waals surface area contributed by atoms with Gasteiger partial charge in [0, 0.05) is 22.2 Å². The number of hydrogen-bond acceptors (Lipinski definition) is 4. The summed E-state index contributed by atoms with van der Waals surface area (Å²) in [6.07, 6.45) is 5.12. The van der Waals surface area contributed by atoms with Gasteiger partial charge < -0.3 is 5.32 Å². The van der Waals surface area contributed by atoms with Crippen molar-refractivity contribution in [3.8, 4) is 10.6 Å². The van der Waals surface area contributed by atoms with Crippen LogP contribution in [-0.2, 0) is 24.2 Å². The van der Waals surface area contributed by atoms with E-state index in [2.05, 4.69) is 32.2 Å². The molecule has 0 spiro atoms. The lowest BCUT2D eigenvalue weighted by Crippen LogP contribution is -2.32. The molecule has 1 amide bonds. The van der Waals surface area contributed by atoms with Crippen LogP contribution in [0.2, 0.25) is 5.02 Å². The van der Waals surface area contributed by atoms with Gasteiger partial charge in [0.05, 0.1) is 35.9 Å². The number of rotatable bonds is 6. The summed E-state index contributed by atoms with van der Waals surface area (Å²) in [4.78, 5) is 17.4. The maximum Gasteiger partial charge on any atom is 0.226 e. The predicted molar refractivity (Wildman–Crippen MR) is 128 cm³/mol. The van der Waals surface area contributed by atoms with Crippen molar-refractivity contribution in [3.63, 3.8) is 0 Å². The molecule has 1 N–H and O–H groups in total. The van der Waals surface area contributed by atoms with E-state index in [-0.39, 0.29) is 18.4 Å². The number of nitrogens with one attached hydrogen (secondary N) is 1. The standard InChI is InChI=1S/C25H23ClN4OS/c26-21-10-5-4-9-19(21)25-28-18(16-32-25)13-24(31)29-22-11-6-12-23-20(22)14-27-30(23)15-17-7-2-1-3-8-17/h1-5,7-10,14,16,22H,6,11-13,15H2,(H,29,31). The first kappa shape index (κ1) is 20.9. The van der Waals surface area contributed by atoms with E-state index in [9.17, 15) is 4.79 Å². The lowest BCUT2D eigenvalue weighted by atomic mass is 9.92. The number of carbonyl (C=O) groups excluding carboxylic acids is 1. The van der Waals surface area contributed by atoms with Crippen molar-refractivity contribution in [1.82, 2.24) is 20.1 Å². The number of carbonyl (C=O) groups is 1. The molecule has 162 valence electrons. The van der Waals surface area contributed by atoms with Crippen LogP contribution in [0.5, 0.6) is 0 Å². The second kappa shape index (κ2) is 9.27. The van der Waals surface area contributed by atoms with E-state index >= 15 is 0 Å². The molecular formula is C25H23ClN4OS. The van der Waals surface area contributed by atoms with Gasteiger partial charge in [0.25, 0.3) is 0 Å². The monoisotopic (exact) mass is 462 g/mol. The van der Waals surface area contributed by atoms with Crippen molar-refractivity contribution in [2.45, 2.75) is 38.3 Å². The summed E-state index contributed by atoms with van der Waals surface area (Å²) in [5.74, 6) is -0.0188. The van der Waals surface area contributed by atoms with E-state index in [1.54, 1.807) is 0 Å². The highest BCUT2D eigenvalue weighted by molar-refractivity contribution is 7.13. The molecule has 0 saturated heterocycles. The predicted octanol–water partition coefficient (Wildman–Crippen LogP) is 5.44. The van der Waals surface area contributed by atoms with Crippen LogP contribution in [0, 0.1) is 0 Å². The van der Waals surface area contributed by atoms with Crippen molar-refractivity contribution in [3.05, 3.63) is 93.7 Å². The van der Waals surface area contributed by atoms with E-state index in [4.69, 9.17) is 11.6 Å². The summed E-state index contributed by atoms with van der Waals surface area (Å²) in [5.41, 5.74) is 5.24. The zero-order valence-electron chi connectivity index (χ0n) is 17.5. The number of aromatic nitrogens is 3. The Balaban J connectivity index is 1.26. The molecule has 2 aromatic heterocycles. The van der Waals surface area contributed by atoms with Gasteiger partial charge in [0.15, 0.2) is 0 Å². The quantitative estimate of drug-likeness (QED) is 0.414. The molecule has 7 heteroatoms. The second-order valence-corrected chi connectivity index (χ2v) is 9.27. The van der Waals surface area contributed by atoms with Crippen molar-refractivity contribution in [1.29, 1.82) is 0 Å². The highest BCUT2D eigenvalue weighted by Crippen LogP contribution is 2.31. The maximum atomic E-state index is 12.8. The van der Waals surface area contributed by atoms with Gasteiger partial charge in [-0.2, -0.15) is 5.10 Å². The summed E-state index contributed by atoms with van der Waals surface area (Å²) in [5, 5.41) is 11.3. The van der Waals surface area contributed by atoms with Crippen LogP contribution >= 0.6 is 22.9 Å². The van der Waals surface area contributed by atoms with E-state index in [0.29, 0.717) is 5.02 Å². The molecule has 0 aliphatic heterocycles. The molecule has 1 atom stereocenters. The summed E-state index contributed by atoms with van der Waals surface area (Å²) in [6.45, 7) is 0.750. The first-order valence-electron chi connectivity index (χ1n) is 10.7. The Kier molecular flexibility index (Phi) is 6.06. The first-order chi connectivity index (χ1) is 15.7. The van der Waals surface area contributed by atoms with Gasteiger partial charge in [0.1, 0.15) is 5.01 Å². The summed E-state index contributed by atoms with van der Waals surface area (Å²) < 4.78 is 2.07. The molecule has 2 heterocycles. The third-order valence-corrected chi connectivity index (χ3v) is 7.02. The van der Waals surface area contributed by atoms with Crippen LogP contribution < -0.4 is 5.32 Å². The van der Waals surface area contributed by atoms with Crippen molar-refractivity contribution in [2.75, 3.05) is 0 Å². The fourth-order valence-electron chi connectivity index (χ4n) is 4.22. The molecule has 5 nitrogen and oxygen atoms in total. The summed E-state index contributed by atoms with van der Waals surface area (Å²) in [6, 6.07) is 18.0. The molecule has 0 radical (unpaired) electrons. The van der Waals surface area contributed by atoms with Crippen molar-refractivity contribution in [2.24, 2.45) is 0 Å². The van der Waals surface area contributed by atoms with Gasteiger partial charge in [0.2, 0.25) is 5.91 Å². The zero-order chi connectivity index (χ0) is 21.9. The minimum absolute atomic E-state index is 0.00236. The summed E-state index contributed by atoms with van der Waals surface area (Å²) >= 11 is 7.79. The Hall–Kier alpha value is -2.96. The SMILES string of the molecule is O=C(Cc1csc(-c2ccccc2Cl)n1)NC1CCCc2c1cnn2Cc1ccccc1. The van der Waals surface area contributed by atoms with E-state index in [1.165, 1.54) is 22.6 Å². The molecular weight excluding hydrogens is 440 g/mol. The third-order valence-electron chi connectivity index (χ3n) is 5.77. The van der Waals surface area contributed by atoms with Crippen LogP contribution in [0.4, 0.5) is 0 Å². The van der Waals surface area contributed by atoms with Gasteiger partial charge >= 0.3 is 0 Å². The second-order valence-electron chi connectivity index (χ2n) is 8.00. The summed E-state index contributed by atoms with van der Waals surface area (Å²) in [7, 11) is 0. The molecule has 1 unspecified atom stereocenters. The van der Waals surface area contributed by atoms with Crippen LogP contribution in [-0.4, -0.2) is 20.7 Å². The molecule has 0 fully saturated rings. The Morgan fingerprint density at radius 1 is 1.16 bits per heavy atom. The normalized spacial score (nSPS) is 15.3. The smallest absolute Gasteiger partial charge is 0.226 e. The van der Waals surface area contributed by atoms with E-state index < -0.39 is 0 Å². The highest BCUT2D eigenvalue weighted by Gasteiger charge is 2.26.